The Morgan fingerprint density at radius 3 is 2.58 bits per heavy atom. The van der Waals surface area contributed by atoms with Crippen molar-refractivity contribution in [1.82, 2.24) is 5.32 Å². The van der Waals surface area contributed by atoms with E-state index in [4.69, 9.17) is 0 Å². The van der Waals surface area contributed by atoms with Crippen LogP contribution in [0.1, 0.15) is 24.1 Å². The molecule has 0 aliphatic rings. The lowest BCUT2D eigenvalue weighted by molar-refractivity contribution is 0.565. The van der Waals surface area contributed by atoms with E-state index in [2.05, 4.69) is 50.2 Å². The second-order valence-corrected chi connectivity index (χ2v) is 5.98. The largest absolute Gasteiger partial charge is 0.306 e. The number of hydrogen-bond acceptors (Lipinski definition) is 1. The Morgan fingerprint density at radius 1 is 1.11 bits per heavy atom. The van der Waals surface area contributed by atoms with Gasteiger partial charge in [0.2, 0.25) is 0 Å². The van der Waals surface area contributed by atoms with Crippen LogP contribution in [0, 0.1) is 5.82 Å². The van der Waals surface area contributed by atoms with Crippen molar-refractivity contribution in [3.63, 3.8) is 0 Å². The maximum atomic E-state index is 13.4. The molecular formula is C15H14Br2FN. The van der Waals surface area contributed by atoms with Crippen LogP contribution in [0.2, 0.25) is 0 Å². The van der Waals surface area contributed by atoms with Crippen LogP contribution in [0.3, 0.4) is 0 Å². The highest BCUT2D eigenvalue weighted by Gasteiger charge is 2.10. The molecule has 1 nitrogen and oxygen atoms in total. The average molecular weight is 387 g/mol. The zero-order valence-corrected chi connectivity index (χ0v) is 13.6. The summed E-state index contributed by atoms with van der Waals surface area (Å²) in [7, 11) is 0. The van der Waals surface area contributed by atoms with Gasteiger partial charge >= 0.3 is 0 Å². The first-order valence-electron chi connectivity index (χ1n) is 6.00. The minimum atomic E-state index is -0.229. The van der Waals surface area contributed by atoms with Crippen molar-refractivity contribution in [3.8, 4) is 0 Å². The first-order chi connectivity index (χ1) is 9.09. The highest BCUT2D eigenvalue weighted by Crippen LogP contribution is 2.24. The van der Waals surface area contributed by atoms with Gasteiger partial charge in [0.25, 0.3) is 0 Å². The lowest BCUT2D eigenvalue weighted by atomic mass is 10.1. The Morgan fingerprint density at radius 2 is 1.84 bits per heavy atom. The van der Waals surface area contributed by atoms with Gasteiger partial charge in [-0.3, -0.25) is 0 Å². The maximum Gasteiger partial charge on any atom is 0.137 e. The van der Waals surface area contributed by atoms with E-state index in [9.17, 15) is 4.39 Å². The molecular weight excluding hydrogens is 373 g/mol. The van der Waals surface area contributed by atoms with Crippen LogP contribution < -0.4 is 5.32 Å². The van der Waals surface area contributed by atoms with Crippen LogP contribution in [-0.4, -0.2) is 0 Å². The van der Waals surface area contributed by atoms with E-state index in [1.165, 1.54) is 11.6 Å². The summed E-state index contributed by atoms with van der Waals surface area (Å²) in [6, 6.07) is 13.4. The quantitative estimate of drug-likeness (QED) is 0.761. The minimum absolute atomic E-state index is 0.186. The molecule has 2 rings (SSSR count). The average Bonchev–Trinajstić information content (AvgIpc) is 2.40. The predicted molar refractivity (Wildman–Crippen MR) is 83.5 cm³/mol. The molecule has 0 spiro atoms. The Bertz CT molecular complexity index is 572. The molecule has 0 bridgehead atoms. The Kier molecular flexibility index (Phi) is 5.13. The molecule has 0 unspecified atom stereocenters. The van der Waals surface area contributed by atoms with Crippen molar-refractivity contribution >= 4 is 31.9 Å². The van der Waals surface area contributed by atoms with Crippen LogP contribution in [0.25, 0.3) is 0 Å². The van der Waals surface area contributed by atoms with Crippen molar-refractivity contribution in [2.24, 2.45) is 0 Å². The molecule has 4 heteroatoms. The lowest BCUT2D eigenvalue weighted by Crippen LogP contribution is -2.18. The summed E-state index contributed by atoms with van der Waals surface area (Å²) in [4.78, 5) is 0. The van der Waals surface area contributed by atoms with E-state index < -0.39 is 0 Å². The van der Waals surface area contributed by atoms with Crippen molar-refractivity contribution in [1.29, 1.82) is 0 Å². The number of rotatable bonds is 4. The van der Waals surface area contributed by atoms with Crippen LogP contribution >= 0.6 is 31.9 Å². The lowest BCUT2D eigenvalue weighted by Gasteiger charge is -2.16. The summed E-state index contributed by atoms with van der Waals surface area (Å²) in [6.07, 6.45) is 0. The molecule has 100 valence electrons. The van der Waals surface area contributed by atoms with Gasteiger partial charge in [-0.05, 0) is 46.1 Å². The first kappa shape index (κ1) is 14.7. The molecule has 0 aliphatic carbocycles. The Labute approximate surface area is 129 Å². The summed E-state index contributed by atoms with van der Waals surface area (Å²) in [5.41, 5.74) is 2.11. The van der Waals surface area contributed by atoms with E-state index in [1.54, 1.807) is 6.07 Å². The monoisotopic (exact) mass is 385 g/mol. The molecule has 0 saturated carbocycles. The molecule has 1 N–H and O–H groups in total. The van der Waals surface area contributed by atoms with Crippen molar-refractivity contribution < 1.29 is 4.39 Å². The molecule has 0 saturated heterocycles. The van der Waals surface area contributed by atoms with Gasteiger partial charge in [-0.2, -0.15) is 0 Å². The maximum absolute atomic E-state index is 13.4. The van der Waals surface area contributed by atoms with Gasteiger partial charge in [0, 0.05) is 17.1 Å². The third kappa shape index (κ3) is 3.65. The van der Waals surface area contributed by atoms with Crippen LogP contribution in [0.15, 0.2) is 51.4 Å². The van der Waals surface area contributed by atoms with Crippen LogP contribution in [-0.2, 0) is 6.54 Å². The second-order valence-electron chi connectivity index (χ2n) is 4.34. The number of halogens is 3. The molecule has 1 atom stereocenters. The molecule has 0 amide bonds. The van der Waals surface area contributed by atoms with Gasteiger partial charge in [-0.15, -0.1) is 0 Å². The van der Waals surface area contributed by atoms with Crippen molar-refractivity contribution in [2.75, 3.05) is 0 Å². The summed E-state index contributed by atoms with van der Waals surface area (Å²) < 4.78 is 15.0. The Hall–Kier alpha value is -0.710. The van der Waals surface area contributed by atoms with Gasteiger partial charge in [0.15, 0.2) is 0 Å². The summed E-state index contributed by atoms with van der Waals surface area (Å²) in [6.45, 7) is 2.70. The van der Waals surface area contributed by atoms with E-state index in [0.717, 1.165) is 10.0 Å². The SMILES string of the molecule is C[C@H](NCc1cccc(F)c1Br)c1ccccc1Br. The third-order valence-corrected chi connectivity index (χ3v) is 4.61. The van der Waals surface area contributed by atoms with E-state index in [1.807, 2.05) is 24.3 Å². The Balaban J connectivity index is 2.07. The van der Waals surface area contributed by atoms with Gasteiger partial charge in [-0.25, -0.2) is 4.39 Å². The zero-order valence-electron chi connectivity index (χ0n) is 10.5. The fourth-order valence-electron chi connectivity index (χ4n) is 1.88. The molecule has 0 radical (unpaired) electrons. The summed E-state index contributed by atoms with van der Waals surface area (Å²) in [5.74, 6) is -0.229. The van der Waals surface area contributed by atoms with E-state index in [-0.39, 0.29) is 11.9 Å². The smallest absolute Gasteiger partial charge is 0.137 e. The van der Waals surface area contributed by atoms with E-state index >= 15 is 0 Å². The summed E-state index contributed by atoms with van der Waals surface area (Å²) in [5, 5.41) is 3.40. The normalized spacial score (nSPS) is 12.4. The fourth-order valence-corrected chi connectivity index (χ4v) is 2.92. The molecule has 2 aromatic rings. The van der Waals surface area contributed by atoms with Gasteiger partial charge < -0.3 is 5.32 Å². The molecule has 0 heterocycles. The molecule has 19 heavy (non-hydrogen) atoms. The third-order valence-electron chi connectivity index (χ3n) is 3.00. The molecule has 0 aromatic heterocycles. The van der Waals surface area contributed by atoms with Crippen LogP contribution in [0.5, 0.6) is 0 Å². The molecule has 0 aliphatic heterocycles. The van der Waals surface area contributed by atoms with Crippen LogP contribution in [0.4, 0.5) is 4.39 Å². The highest BCUT2D eigenvalue weighted by molar-refractivity contribution is 9.10. The van der Waals surface area contributed by atoms with Crippen molar-refractivity contribution in [3.05, 3.63) is 68.4 Å². The zero-order chi connectivity index (χ0) is 13.8. The van der Waals surface area contributed by atoms with Gasteiger partial charge in [0.05, 0.1) is 4.47 Å². The minimum Gasteiger partial charge on any atom is -0.306 e. The molecule has 0 fully saturated rings. The van der Waals surface area contributed by atoms with E-state index in [0.29, 0.717) is 11.0 Å². The standard InChI is InChI=1S/C15H14Br2FN/c1-10(12-6-2-3-7-13(12)16)19-9-11-5-4-8-14(18)15(11)17/h2-8,10,19H,9H2,1H3/t10-/m0/s1. The molecule has 2 aromatic carbocycles. The van der Waals surface area contributed by atoms with Gasteiger partial charge in [0.1, 0.15) is 5.82 Å². The summed E-state index contributed by atoms with van der Waals surface area (Å²) >= 11 is 6.82. The number of nitrogens with one attached hydrogen (secondary N) is 1. The number of hydrogen-bond donors (Lipinski definition) is 1. The number of benzene rings is 2. The topological polar surface area (TPSA) is 12.0 Å². The fraction of sp³-hybridized carbons (Fsp3) is 0.200. The second kappa shape index (κ2) is 6.64. The van der Waals surface area contributed by atoms with Gasteiger partial charge in [-0.1, -0.05) is 46.3 Å². The predicted octanol–water partition coefficient (Wildman–Crippen LogP) is 5.20. The van der Waals surface area contributed by atoms with Crippen molar-refractivity contribution in [2.45, 2.75) is 19.5 Å². The highest BCUT2D eigenvalue weighted by atomic mass is 79.9. The first-order valence-corrected chi connectivity index (χ1v) is 7.59.